The molecule has 0 aliphatic rings. The molecule has 0 saturated carbocycles. The first-order valence-corrected chi connectivity index (χ1v) is 9.89. The minimum Gasteiger partial charge on any atom is -0.493 e. The Kier molecular flexibility index (Phi) is 8.65. The molecular formula is C23H29FN2O4. The van der Waals surface area contributed by atoms with Gasteiger partial charge >= 0.3 is 0 Å². The lowest BCUT2D eigenvalue weighted by Crippen LogP contribution is -2.49. The molecule has 0 radical (unpaired) electrons. The highest BCUT2D eigenvalue weighted by atomic mass is 19.1. The molecule has 2 aromatic carbocycles. The Balaban J connectivity index is 2.15. The van der Waals surface area contributed by atoms with Gasteiger partial charge in [0, 0.05) is 13.1 Å². The third-order valence-electron chi connectivity index (χ3n) is 4.54. The maximum absolute atomic E-state index is 13.2. The van der Waals surface area contributed by atoms with E-state index in [2.05, 4.69) is 5.32 Å². The van der Waals surface area contributed by atoms with E-state index < -0.39 is 6.04 Å². The molecule has 0 bridgehead atoms. The van der Waals surface area contributed by atoms with Crippen molar-refractivity contribution < 1.29 is 23.5 Å². The number of carbonyl (C=O) groups is 2. The van der Waals surface area contributed by atoms with Crippen LogP contribution in [-0.4, -0.2) is 43.0 Å². The van der Waals surface area contributed by atoms with Gasteiger partial charge < -0.3 is 19.7 Å². The first-order valence-electron chi connectivity index (χ1n) is 9.89. The SMILES string of the molecule is COc1ccccc1OCC(=O)N(Cc1ccc(F)cc1)[C@H](C)C(=O)NCC(C)C. The van der Waals surface area contributed by atoms with Crippen molar-refractivity contribution in [2.75, 3.05) is 20.3 Å². The number of methoxy groups -OCH3 is 1. The molecule has 0 aliphatic heterocycles. The molecule has 30 heavy (non-hydrogen) atoms. The van der Waals surface area contributed by atoms with Crippen LogP contribution < -0.4 is 14.8 Å². The number of nitrogens with one attached hydrogen (secondary N) is 1. The van der Waals surface area contributed by atoms with E-state index in [0.717, 1.165) is 0 Å². The van der Waals surface area contributed by atoms with E-state index in [1.54, 1.807) is 43.3 Å². The number of hydrogen-bond donors (Lipinski definition) is 1. The summed E-state index contributed by atoms with van der Waals surface area (Å²) in [6.45, 7) is 6.06. The van der Waals surface area contributed by atoms with Crippen LogP contribution in [0.4, 0.5) is 4.39 Å². The molecule has 0 fully saturated rings. The molecular weight excluding hydrogens is 387 g/mol. The lowest BCUT2D eigenvalue weighted by atomic mass is 10.1. The number of amides is 2. The molecule has 0 aliphatic carbocycles. The Labute approximate surface area is 177 Å². The second-order valence-electron chi connectivity index (χ2n) is 7.40. The third-order valence-corrected chi connectivity index (χ3v) is 4.54. The zero-order valence-electron chi connectivity index (χ0n) is 17.9. The predicted octanol–water partition coefficient (Wildman–Crippen LogP) is 3.40. The van der Waals surface area contributed by atoms with E-state index in [0.29, 0.717) is 23.6 Å². The molecule has 1 atom stereocenters. The Hall–Kier alpha value is -3.09. The predicted molar refractivity (Wildman–Crippen MR) is 113 cm³/mol. The molecule has 2 rings (SSSR count). The summed E-state index contributed by atoms with van der Waals surface area (Å²) in [5, 5.41) is 2.85. The van der Waals surface area contributed by atoms with Crippen LogP contribution in [0.5, 0.6) is 11.5 Å². The van der Waals surface area contributed by atoms with Crippen LogP contribution in [0.1, 0.15) is 26.3 Å². The summed E-state index contributed by atoms with van der Waals surface area (Å²) >= 11 is 0. The maximum Gasteiger partial charge on any atom is 0.261 e. The van der Waals surface area contributed by atoms with Gasteiger partial charge in [-0.3, -0.25) is 9.59 Å². The monoisotopic (exact) mass is 416 g/mol. The number of benzene rings is 2. The van der Waals surface area contributed by atoms with Crippen LogP contribution in [0, 0.1) is 11.7 Å². The van der Waals surface area contributed by atoms with Gasteiger partial charge in [-0.2, -0.15) is 0 Å². The van der Waals surface area contributed by atoms with E-state index >= 15 is 0 Å². The fourth-order valence-corrected chi connectivity index (χ4v) is 2.78. The Morgan fingerprint density at radius 2 is 1.67 bits per heavy atom. The molecule has 6 nitrogen and oxygen atoms in total. The number of para-hydroxylation sites is 2. The summed E-state index contributed by atoms with van der Waals surface area (Å²) in [4.78, 5) is 27.0. The molecule has 0 heterocycles. The molecule has 2 aromatic rings. The van der Waals surface area contributed by atoms with Crippen LogP contribution in [0.15, 0.2) is 48.5 Å². The number of halogens is 1. The van der Waals surface area contributed by atoms with Crippen LogP contribution >= 0.6 is 0 Å². The topological polar surface area (TPSA) is 67.9 Å². The van der Waals surface area contributed by atoms with Crippen LogP contribution in [0.3, 0.4) is 0 Å². The van der Waals surface area contributed by atoms with Gasteiger partial charge in [0.2, 0.25) is 5.91 Å². The summed E-state index contributed by atoms with van der Waals surface area (Å²) in [7, 11) is 1.52. The zero-order valence-corrected chi connectivity index (χ0v) is 17.9. The highest BCUT2D eigenvalue weighted by molar-refractivity contribution is 5.88. The first kappa shape index (κ1) is 23.2. The van der Waals surface area contributed by atoms with E-state index in [1.807, 2.05) is 13.8 Å². The number of nitrogens with zero attached hydrogens (tertiary/aromatic N) is 1. The Bertz CT molecular complexity index is 839. The molecule has 0 aromatic heterocycles. The number of ether oxygens (including phenoxy) is 2. The average Bonchev–Trinajstić information content (AvgIpc) is 2.75. The Morgan fingerprint density at radius 1 is 1.03 bits per heavy atom. The van der Waals surface area contributed by atoms with Gasteiger partial charge in [0.05, 0.1) is 7.11 Å². The van der Waals surface area contributed by atoms with E-state index in [-0.39, 0.29) is 36.7 Å². The summed E-state index contributed by atoms with van der Waals surface area (Å²) < 4.78 is 24.1. The van der Waals surface area contributed by atoms with Crippen LogP contribution in [0.25, 0.3) is 0 Å². The molecule has 7 heteroatoms. The fraction of sp³-hybridized carbons (Fsp3) is 0.391. The van der Waals surface area contributed by atoms with Gasteiger partial charge in [-0.05, 0) is 42.7 Å². The quantitative estimate of drug-likeness (QED) is 0.645. The third kappa shape index (κ3) is 6.76. The minimum absolute atomic E-state index is 0.157. The summed E-state index contributed by atoms with van der Waals surface area (Å²) in [6.07, 6.45) is 0. The zero-order chi connectivity index (χ0) is 22.1. The van der Waals surface area contributed by atoms with Crippen molar-refractivity contribution >= 4 is 11.8 Å². The fourth-order valence-electron chi connectivity index (χ4n) is 2.78. The van der Waals surface area contributed by atoms with E-state index in [1.165, 1.54) is 24.1 Å². The second kappa shape index (κ2) is 11.2. The highest BCUT2D eigenvalue weighted by Crippen LogP contribution is 2.25. The lowest BCUT2D eigenvalue weighted by Gasteiger charge is -2.29. The van der Waals surface area contributed by atoms with Crippen molar-refractivity contribution in [3.63, 3.8) is 0 Å². The van der Waals surface area contributed by atoms with Crippen LogP contribution in [-0.2, 0) is 16.1 Å². The van der Waals surface area contributed by atoms with Crippen molar-refractivity contribution in [1.29, 1.82) is 0 Å². The molecule has 0 unspecified atom stereocenters. The van der Waals surface area contributed by atoms with Crippen molar-refractivity contribution in [1.82, 2.24) is 10.2 Å². The first-order chi connectivity index (χ1) is 14.3. The van der Waals surface area contributed by atoms with Crippen molar-refractivity contribution in [2.45, 2.75) is 33.4 Å². The number of hydrogen-bond acceptors (Lipinski definition) is 4. The summed E-state index contributed by atoms with van der Waals surface area (Å²) in [6, 6.07) is 12.1. The highest BCUT2D eigenvalue weighted by Gasteiger charge is 2.26. The van der Waals surface area contributed by atoms with Crippen molar-refractivity contribution in [3.8, 4) is 11.5 Å². The lowest BCUT2D eigenvalue weighted by molar-refractivity contribution is -0.142. The number of carbonyl (C=O) groups excluding carboxylic acids is 2. The Morgan fingerprint density at radius 3 is 2.27 bits per heavy atom. The number of rotatable bonds is 10. The van der Waals surface area contributed by atoms with Crippen LogP contribution in [0.2, 0.25) is 0 Å². The molecule has 162 valence electrons. The summed E-state index contributed by atoms with van der Waals surface area (Å²) in [5.41, 5.74) is 0.713. The van der Waals surface area contributed by atoms with Crippen molar-refractivity contribution in [3.05, 3.63) is 59.9 Å². The smallest absolute Gasteiger partial charge is 0.261 e. The van der Waals surface area contributed by atoms with Gasteiger partial charge in [-0.25, -0.2) is 4.39 Å². The van der Waals surface area contributed by atoms with E-state index in [9.17, 15) is 14.0 Å². The second-order valence-corrected chi connectivity index (χ2v) is 7.40. The van der Waals surface area contributed by atoms with Gasteiger partial charge in [-0.1, -0.05) is 38.1 Å². The van der Waals surface area contributed by atoms with Crippen molar-refractivity contribution in [2.24, 2.45) is 5.92 Å². The van der Waals surface area contributed by atoms with E-state index in [4.69, 9.17) is 9.47 Å². The maximum atomic E-state index is 13.2. The molecule has 1 N–H and O–H groups in total. The van der Waals surface area contributed by atoms with Gasteiger partial charge in [0.15, 0.2) is 18.1 Å². The normalized spacial score (nSPS) is 11.7. The molecule has 2 amide bonds. The average molecular weight is 416 g/mol. The molecule has 0 saturated heterocycles. The van der Waals surface area contributed by atoms with Gasteiger partial charge in [0.25, 0.3) is 5.91 Å². The minimum atomic E-state index is -0.720. The van der Waals surface area contributed by atoms with Gasteiger partial charge in [-0.15, -0.1) is 0 Å². The molecule has 0 spiro atoms. The standard InChI is InChI=1S/C23H29FN2O4/c1-16(2)13-25-23(28)17(3)26(14-18-9-11-19(24)12-10-18)22(27)15-30-21-8-6-5-7-20(21)29-4/h5-12,16-17H,13-15H2,1-4H3,(H,25,28)/t17-/m1/s1. The summed E-state index contributed by atoms with van der Waals surface area (Å²) in [5.74, 6) is 0.258. The largest absolute Gasteiger partial charge is 0.493 e. The van der Waals surface area contributed by atoms with Gasteiger partial charge in [0.1, 0.15) is 11.9 Å².